The van der Waals surface area contributed by atoms with Gasteiger partial charge in [-0.15, -0.1) is 0 Å². The summed E-state index contributed by atoms with van der Waals surface area (Å²) in [4.78, 5) is 14.9. The van der Waals surface area contributed by atoms with Crippen LogP contribution in [0.4, 0.5) is 13.2 Å². The zero-order valence-electron chi connectivity index (χ0n) is 37.8. The first kappa shape index (κ1) is 39.6. The fraction of sp³-hybridized carbons (Fsp3) is 0.164. The topological polar surface area (TPSA) is 83.4 Å². The number of para-hydroxylation sites is 4. The Morgan fingerprint density at radius 1 is 0.423 bits per heavy atom. The smallest absolute Gasteiger partial charge is 0.206 e. The van der Waals surface area contributed by atoms with Gasteiger partial charge in [0.05, 0.1) is 22.3 Å². The van der Waals surface area contributed by atoms with E-state index in [1.807, 2.05) is 91.0 Å². The Morgan fingerprint density at radius 3 is 1.65 bits per heavy atom. The number of halogens is 3. The van der Waals surface area contributed by atoms with Crippen LogP contribution in [0.25, 0.3) is 100 Å². The van der Waals surface area contributed by atoms with Gasteiger partial charge in [-0.05, 0) is 133 Å². The van der Waals surface area contributed by atoms with E-state index in [1.165, 1.54) is 36.2 Å². The molecule has 4 fully saturated rings. The van der Waals surface area contributed by atoms with E-state index in [0.717, 1.165) is 63.9 Å². The molecule has 7 nitrogen and oxygen atoms in total. The zero-order chi connectivity index (χ0) is 46.9. The van der Waals surface area contributed by atoms with Crippen molar-refractivity contribution in [2.45, 2.75) is 37.5 Å². The quantitative estimate of drug-likeness (QED) is 0.174. The maximum Gasteiger partial charge on any atom is 0.206 e. The standard InChI is InChI=1S/C61H38F3N3O4/c62-45-21-22-50-56(71-57-52-39-11-1-4-16-43(39)61(44(52)29-47(64)55(57)70-50)33-24-30-23-31(26-33)27-34(61)25-30)51(45)32-19-20-40(46(63)28-32)58-65-59(41-14-7-12-37-35-9-2-5-17-48(35)68-53(37)41)67-60(66-58)42-15-8-13-38-36-10-3-6-18-49(36)69-54(38)42/h1-22,28-31,33-34H,23-27H2. The highest BCUT2D eigenvalue weighted by Gasteiger charge is 2.62. The maximum absolute atomic E-state index is 17.2. The maximum atomic E-state index is 17.2. The fourth-order valence-electron chi connectivity index (χ4n) is 14.0. The molecule has 4 bridgehead atoms. The van der Waals surface area contributed by atoms with Crippen LogP contribution >= 0.6 is 0 Å². The van der Waals surface area contributed by atoms with Gasteiger partial charge in [0.2, 0.25) is 5.75 Å². The van der Waals surface area contributed by atoms with Crippen molar-refractivity contribution >= 4 is 43.9 Å². The number of aromatic nitrogens is 3. The molecule has 4 saturated carbocycles. The van der Waals surface area contributed by atoms with Gasteiger partial charge in [-0.25, -0.2) is 28.1 Å². The van der Waals surface area contributed by atoms with E-state index in [0.29, 0.717) is 57.1 Å². The first-order valence-corrected chi connectivity index (χ1v) is 24.4. The highest BCUT2D eigenvalue weighted by molar-refractivity contribution is 6.10. The number of nitrogens with zero attached hydrogens (tertiary/aromatic N) is 3. The molecule has 4 heterocycles. The van der Waals surface area contributed by atoms with E-state index in [9.17, 15) is 0 Å². The fourth-order valence-corrected chi connectivity index (χ4v) is 14.0. The van der Waals surface area contributed by atoms with Crippen LogP contribution in [0.1, 0.15) is 43.2 Å². The SMILES string of the molecule is Fc1cc(-c2c(F)ccc3c2Oc2c(c(F)cc4c2-c2ccccc2C42C4CC5CC(C4)CC2C5)O3)ccc1-c1nc(-c2cccc3c2oc2ccccc23)nc(-c2cccc3c2oc2ccccc23)n1. The van der Waals surface area contributed by atoms with Gasteiger partial charge in [0, 0.05) is 32.5 Å². The predicted octanol–water partition coefficient (Wildman–Crippen LogP) is 16.4. The summed E-state index contributed by atoms with van der Waals surface area (Å²) >= 11 is 0. The van der Waals surface area contributed by atoms with E-state index in [1.54, 1.807) is 12.1 Å². The van der Waals surface area contributed by atoms with Gasteiger partial charge in [-0.3, -0.25) is 0 Å². The Balaban J connectivity index is 0.843. The number of hydrogen-bond donors (Lipinski definition) is 0. The molecule has 10 heteroatoms. The van der Waals surface area contributed by atoms with Crippen LogP contribution in [-0.4, -0.2) is 15.0 Å². The van der Waals surface area contributed by atoms with Crippen molar-refractivity contribution in [1.29, 1.82) is 0 Å². The Hall–Kier alpha value is -8.24. The van der Waals surface area contributed by atoms with Crippen LogP contribution in [0.15, 0.2) is 154 Å². The molecule has 8 aromatic carbocycles. The lowest BCUT2D eigenvalue weighted by Gasteiger charge is -2.61. The molecule has 0 N–H and O–H groups in total. The number of rotatable bonds is 4. The lowest BCUT2D eigenvalue weighted by molar-refractivity contribution is -0.0400. The summed E-state index contributed by atoms with van der Waals surface area (Å²) in [5, 5.41) is 3.63. The molecule has 0 saturated heterocycles. The monoisotopic (exact) mass is 933 g/mol. The van der Waals surface area contributed by atoms with Gasteiger partial charge in [0.25, 0.3) is 0 Å². The summed E-state index contributed by atoms with van der Waals surface area (Å²) in [6, 6.07) is 44.3. The molecule has 5 aliphatic carbocycles. The van der Waals surface area contributed by atoms with Gasteiger partial charge < -0.3 is 18.3 Å². The molecule has 71 heavy (non-hydrogen) atoms. The van der Waals surface area contributed by atoms with Gasteiger partial charge in [-0.1, -0.05) is 91.0 Å². The van der Waals surface area contributed by atoms with E-state index in [4.69, 9.17) is 33.3 Å². The van der Waals surface area contributed by atoms with E-state index >= 15 is 13.2 Å². The third kappa shape index (κ3) is 5.36. The normalized spacial score (nSPS) is 21.2. The minimum atomic E-state index is -0.715. The molecule has 0 radical (unpaired) electrons. The second kappa shape index (κ2) is 14.2. The van der Waals surface area contributed by atoms with E-state index < -0.39 is 17.5 Å². The minimum absolute atomic E-state index is 0.0163. The molecule has 0 unspecified atom stereocenters. The van der Waals surface area contributed by atoms with Crippen molar-refractivity contribution in [3.05, 3.63) is 174 Å². The Kier molecular flexibility index (Phi) is 7.91. The third-order valence-electron chi connectivity index (χ3n) is 16.6. The first-order valence-electron chi connectivity index (χ1n) is 24.4. The van der Waals surface area contributed by atoms with Crippen molar-refractivity contribution in [3.63, 3.8) is 0 Å². The molecule has 0 amide bonds. The van der Waals surface area contributed by atoms with Crippen LogP contribution < -0.4 is 9.47 Å². The molecule has 1 aliphatic heterocycles. The highest BCUT2D eigenvalue weighted by atomic mass is 19.1. The highest BCUT2D eigenvalue weighted by Crippen LogP contribution is 2.71. The molecule has 17 rings (SSSR count). The van der Waals surface area contributed by atoms with Crippen LogP contribution in [0, 0.1) is 41.1 Å². The predicted molar refractivity (Wildman–Crippen MR) is 266 cm³/mol. The Morgan fingerprint density at radius 2 is 1.00 bits per heavy atom. The van der Waals surface area contributed by atoms with Crippen molar-refractivity contribution in [2.75, 3.05) is 0 Å². The Bertz CT molecular complexity index is 4000. The average Bonchev–Trinajstić information content (AvgIpc) is 4.06. The van der Waals surface area contributed by atoms with Crippen LogP contribution in [-0.2, 0) is 5.41 Å². The lowest BCUT2D eigenvalue weighted by atomic mass is 9.43. The first-order chi connectivity index (χ1) is 34.9. The third-order valence-corrected chi connectivity index (χ3v) is 16.6. The molecular formula is C61H38F3N3O4. The summed E-state index contributed by atoms with van der Waals surface area (Å²) in [6.07, 6.45) is 5.78. The molecule has 0 atom stereocenters. The summed E-state index contributed by atoms with van der Waals surface area (Å²) in [7, 11) is 0. The van der Waals surface area contributed by atoms with Crippen LogP contribution in [0.3, 0.4) is 0 Å². The molecule has 342 valence electrons. The van der Waals surface area contributed by atoms with Crippen molar-refractivity contribution < 1.29 is 31.5 Å². The zero-order valence-corrected chi connectivity index (χ0v) is 37.8. The summed E-state index contributed by atoms with van der Waals surface area (Å²) in [5.74, 6) is 1.21. The van der Waals surface area contributed by atoms with Crippen molar-refractivity contribution in [2.24, 2.45) is 23.7 Å². The number of furan rings is 2. The number of ether oxygens (including phenoxy) is 2. The molecule has 6 aliphatic rings. The van der Waals surface area contributed by atoms with E-state index in [-0.39, 0.29) is 62.6 Å². The van der Waals surface area contributed by atoms with Crippen LogP contribution in [0.2, 0.25) is 0 Å². The lowest BCUT2D eigenvalue weighted by Crippen LogP contribution is -2.55. The second-order valence-electron chi connectivity index (χ2n) is 20.2. The summed E-state index contributed by atoms with van der Waals surface area (Å²) in [5.41, 5.74) is 7.58. The van der Waals surface area contributed by atoms with Gasteiger partial charge in [-0.2, -0.15) is 0 Å². The molecule has 11 aromatic rings. The molecule has 1 spiro atoms. The van der Waals surface area contributed by atoms with Crippen molar-refractivity contribution in [1.82, 2.24) is 15.0 Å². The van der Waals surface area contributed by atoms with Crippen molar-refractivity contribution in [3.8, 4) is 79.4 Å². The number of fused-ring (bicyclic) bond motifs is 12. The number of hydrogen-bond acceptors (Lipinski definition) is 7. The Labute approximate surface area is 403 Å². The second-order valence-corrected chi connectivity index (χ2v) is 20.2. The molecule has 3 aromatic heterocycles. The minimum Gasteiger partial charge on any atom is -0.455 e. The van der Waals surface area contributed by atoms with Gasteiger partial charge in [0.1, 0.15) is 34.0 Å². The van der Waals surface area contributed by atoms with Gasteiger partial charge in [0.15, 0.2) is 40.5 Å². The average molecular weight is 934 g/mol. The molecular weight excluding hydrogens is 896 g/mol. The summed E-state index contributed by atoms with van der Waals surface area (Å²) < 4.78 is 76.7. The number of benzene rings is 8. The summed E-state index contributed by atoms with van der Waals surface area (Å²) in [6.45, 7) is 0. The largest absolute Gasteiger partial charge is 0.455 e. The van der Waals surface area contributed by atoms with E-state index in [2.05, 4.69) is 18.2 Å². The van der Waals surface area contributed by atoms with Crippen LogP contribution in [0.5, 0.6) is 23.0 Å². The van der Waals surface area contributed by atoms with Gasteiger partial charge >= 0.3 is 0 Å².